The second kappa shape index (κ2) is 2.39. The number of benzene rings is 1. The van der Waals surface area contributed by atoms with Gasteiger partial charge in [-0.25, -0.2) is 0 Å². The van der Waals surface area contributed by atoms with Crippen LogP contribution in [0.1, 0.15) is 5.56 Å². The topological polar surface area (TPSA) is 15.3 Å². The van der Waals surface area contributed by atoms with E-state index in [-0.39, 0.29) is 0 Å². The number of fused-ring (bicyclic) bond motifs is 3. The molecule has 0 spiro atoms. The zero-order valence-corrected chi connectivity index (χ0v) is 7.20. The Morgan fingerprint density at radius 3 is 3.15 bits per heavy atom. The van der Waals surface area contributed by atoms with Gasteiger partial charge in [-0.1, -0.05) is 18.2 Å². The SMILES string of the molecule is C1=CN2C(=CCc3ccccc32)N1. The number of nitrogens with one attached hydrogen (secondary N) is 1. The molecule has 0 atom stereocenters. The Morgan fingerprint density at radius 1 is 1.23 bits per heavy atom. The van der Waals surface area contributed by atoms with Gasteiger partial charge in [-0.15, -0.1) is 0 Å². The van der Waals surface area contributed by atoms with Crippen molar-refractivity contribution in [2.45, 2.75) is 6.42 Å². The van der Waals surface area contributed by atoms with E-state index in [0.29, 0.717) is 0 Å². The Bertz CT molecular complexity index is 404. The van der Waals surface area contributed by atoms with Crippen molar-refractivity contribution < 1.29 is 0 Å². The summed E-state index contributed by atoms with van der Waals surface area (Å²) >= 11 is 0. The van der Waals surface area contributed by atoms with E-state index in [1.807, 2.05) is 6.20 Å². The summed E-state index contributed by atoms with van der Waals surface area (Å²) in [7, 11) is 0. The lowest BCUT2D eigenvalue weighted by Gasteiger charge is -2.24. The lowest BCUT2D eigenvalue weighted by atomic mass is 10.1. The zero-order chi connectivity index (χ0) is 8.67. The van der Waals surface area contributed by atoms with E-state index in [9.17, 15) is 0 Å². The quantitative estimate of drug-likeness (QED) is 0.640. The Morgan fingerprint density at radius 2 is 2.15 bits per heavy atom. The molecule has 0 radical (unpaired) electrons. The van der Waals surface area contributed by atoms with Crippen LogP contribution in [0.25, 0.3) is 0 Å². The summed E-state index contributed by atoms with van der Waals surface area (Å²) in [6, 6.07) is 8.49. The van der Waals surface area contributed by atoms with Crippen LogP contribution in [0.15, 0.2) is 48.6 Å². The minimum absolute atomic E-state index is 1.02. The van der Waals surface area contributed by atoms with Crippen molar-refractivity contribution in [2.75, 3.05) is 4.90 Å². The lowest BCUT2D eigenvalue weighted by molar-refractivity contribution is 0.983. The first-order valence-electron chi connectivity index (χ1n) is 4.46. The fourth-order valence-electron chi connectivity index (χ4n) is 1.84. The van der Waals surface area contributed by atoms with Crippen LogP contribution in [0.4, 0.5) is 5.69 Å². The molecule has 2 heteroatoms. The smallest absolute Gasteiger partial charge is 0.110 e. The van der Waals surface area contributed by atoms with Gasteiger partial charge in [-0.2, -0.15) is 0 Å². The van der Waals surface area contributed by atoms with Gasteiger partial charge >= 0.3 is 0 Å². The van der Waals surface area contributed by atoms with Crippen molar-refractivity contribution in [3.05, 3.63) is 54.1 Å². The van der Waals surface area contributed by atoms with Gasteiger partial charge in [0.2, 0.25) is 0 Å². The molecule has 0 aromatic heterocycles. The number of para-hydroxylation sites is 1. The molecule has 2 nitrogen and oxygen atoms in total. The van der Waals surface area contributed by atoms with Crippen LogP contribution in [0.5, 0.6) is 0 Å². The third-order valence-corrected chi connectivity index (χ3v) is 2.48. The summed E-state index contributed by atoms with van der Waals surface area (Å²) < 4.78 is 0. The fraction of sp³-hybridized carbons (Fsp3) is 0.0909. The molecule has 0 aliphatic carbocycles. The van der Waals surface area contributed by atoms with Crippen molar-refractivity contribution in [3.8, 4) is 0 Å². The lowest BCUT2D eigenvalue weighted by Crippen LogP contribution is -2.21. The number of rotatable bonds is 0. The minimum Gasteiger partial charge on any atom is -0.347 e. The highest BCUT2D eigenvalue weighted by molar-refractivity contribution is 5.64. The van der Waals surface area contributed by atoms with Crippen molar-refractivity contribution in [3.63, 3.8) is 0 Å². The average molecular weight is 170 g/mol. The number of allylic oxidation sites excluding steroid dienone is 1. The molecule has 1 N–H and O–H groups in total. The van der Waals surface area contributed by atoms with E-state index < -0.39 is 0 Å². The molecule has 1 aromatic carbocycles. The second-order valence-electron chi connectivity index (χ2n) is 3.25. The van der Waals surface area contributed by atoms with Crippen molar-refractivity contribution >= 4 is 5.69 Å². The Balaban J connectivity index is 2.17. The maximum atomic E-state index is 3.21. The normalized spacial score (nSPS) is 17.5. The maximum Gasteiger partial charge on any atom is 0.110 e. The van der Waals surface area contributed by atoms with Gasteiger partial charge in [-0.05, 0) is 24.1 Å². The van der Waals surface area contributed by atoms with Crippen LogP contribution >= 0.6 is 0 Å². The van der Waals surface area contributed by atoms with E-state index >= 15 is 0 Å². The van der Waals surface area contributed by atoms with Gasteiger partial charge in [0, 0.05) is 12.4 Å². The monoisotopic (exact) mass is 170 g/mol. The highest BCUT2D eigenvalue weighted by atomic mass is 15.3. The predicted octanol–water partition coefficient (Wildman–Crippen LogP) is 1.96. The van der Waals surface area contributed by atoms with E-state index in [2.05, 4.69) is 46.8 Å². The number of hydrogen-bond donors (Lipinski definition) is 1. The largest absolute Gasteiger partial charge is 0.347 e. The van der Waals surface area contributed by atoms with Gasteiger partial charge in [0.15, 0.2) is 0 Å². The molecule has 3 rings (SSSR count). The number of anilines is 1. The van der Waals surface area contributed by atoms with Crippen molar-refractivity contribution in [1.29, 1.82) is 0 Å². The van der Waals surface area contributed by atoms with Gasteiger partial charge in [0.05, 0.1) is 5.69 Å². The minimum atomic E-state index is 1.02. The first-order valence-corrected chi connectivity index (χ1v) is 4.46. The highest BCUT2D eigenvalue weighted by Crippen LogP contribution is 2.30. The standard InChI is InChI=1S/C11H10N2/c1-2-4-10-9(3-1)5-6-11-12-7-8-13(10)11/h1-4,6-8,12H,5H2. The van der Waals surface area contributed by atoms with Gasteiger partial charge < -0.3 is 10.2 Å². The van der Waals surface area contributed by atoms with E-state index in [1.165, 1.54) is 17.1 Å². The molecule has 1 aromatic rings. The third kappa shape index (κ3) is 0.886. The molecule has 0 saturated carbocycles. The van der Waals surface area contributed by atoms with Gasteiger partial charge in [0.25, 0.3) is 0 Å². The Hall–Kier alpha value is -1.70. The average Bonchev–Trinajstić information content (AvgIpc) is 2.65. The van der Waals surface area contributed by atoms with Gasteiger partial charge in [0.1, 0.15) is 5.82 Å². The molecule has 64 valence electrons. The zero-order valence-electron chi connectivity index (χ0n) is 7.20. The molecular weight excluding hydrogens is 160 g/mol. The molecule has 0 amide bonds. The maximum absolute atomic E-state index is 3.21. The molecule has 2 aliphatic rings. The third-order valence-electron chi connectivity index (χ3n) is 2.48. The van der Waals surface area contributed by atoms with Crippen LogP contribution in [-0.4, -0.2) is 0 Å². The molecule has 0 bridgehead atoms. The van der Waals surface area contributed by atoms with E-state index in [0.717, 1.165) is 6.42 Å². The summed E-state index contributed by atoms with van der Waals surface area (Å²) in [6.07, 6.45) is 7.26. The van der Waals surface area contributed by atoms with Crippen LogP contribution in [0, 0.1) is 0 Å². The summed E-state index contributed by atoms with van der Waals surface area (Å²) in [5, 5.41) is 3.21. The van der Waals surface area contributed by atoms with Crippen LogP contribution in [0.2, 0.25) is 0 Å². The Labute approximate surface area is 77.2 Å². The molecule has 2 aliphatic heterocycles. The first-order chi connectivity index (χ1) is 6.45. The molecular formula is C11H10N2. The van der Waals surface area contributed by atoms with Crippen LogP contribution < -0.4 is 10.2 Å². The molecule has 13 heavy (non-hydrogen) atoms. The highest BCUT2D eigenvalue weighted by Gasteiger charge is 2.19. The number of nitrogens with zero attached hydrogens (tertiary/aromatic N) is 1. The summed E-state index contributed by atoms with van der Waals surface area (Å²) in [5.74, 6) is 1.18. The molecule has 0 unspecified atom stereocenters. The number of hydrogen-bond acceptors (Lipinski definition) is 2. The van der Waals surface area contributed by atoms with Crippen LogP contribution in [-0.2, 0) is 6.42 Å². The fourth-order valence-corrected chi connectivity index (χ4v) is 1.84. The van der Waals surface area contributed by atoms with Crippen molar-refractivity contribution in [1.82, 2.24) is 5.32 Å². The molecule has 0 saturated heterocycles. The van der Waals surface area contributed by atoms with Crippen LogP contribution in [0.3, 0.4) is 0 Å². The van der Waals surface area contributed by atoms with E-state index in [4.69, 9.17) is 0 Å². The van der Waals surface area contributed by atoms with Gasteiger partial charge in [-0.3, -0.25) is 0 Å². The Kier molecular flexibility index (Phi) is 1.25. The molecule has 0 fully saturated rings. The second-order valence-corrected chi connectivity index (χ2v) is 3.25. The molecule has 2 heterocycles. The van der Waals surface area contributed by atoms with E-state index in [1.54, 1.807) is 0 Å². The predicted molar refractivity (Wildman–Crippen MR) is 53.0 cm³/mol. The van der Waals surface area contributed by atoms with Crippen molar-refractivity contribution in [2.24, 2.45) is 0 Å². The summed E-state index contributed by atoms with van der Waals surface area (Å²) in [4.78, 5) is 2.18. The summed E-state index contributed by atoms with van der Waals surface area (Å²) in [5.41, 5.74) is 2.68. The summed E-state index contributed by atoms with van der Waals surface area (Å²) in [6.45, 7) is 0. The first kappa shape index (κ1) is 6.78.